The zero-order valence-corrected chi connectivity index (χ0v) is 13.1. The Morgan fingerprint density at radius 3 is 2.79 bits per heavy atom. The van der Waals surface area contributed by atoms with Crippen molar-refractivity contribution in [3.05, 3.63) is 28.2 Å². The van der Waals surface area contributed by atoms with Crippen molar-refractivity contribution in [3.8, 4) is 0 Å². The number of benzene rings is 1. The molecule has 1 fully saturated rings. The van der Waals surface area contributed by atoms with Gasteiger partial charge in [-0.2, -0.15) is 0 Å². The fourth-order valence-corrected chi connectivity index (χ4v) is 2.64. The normalized spacial score (nSPS) is 14.0. The summed E-state index contributed by atoms with van der Waals surface area (Å²) in [5.41, 5.74) is 7.35. The number of nitrogens with two attached hydrogens (primary N) is 1. The first-order chi connectivity index (χ1) is 8.97. The fraction of sp³-hybridized carbons (Fsp3) is 0.385. The number of nitrogens with zero attached hydrogens (tertiary/aromatic N) is 1. The number of carbonyl (C=O) groups is 1. The number of halogens is 1. The van der Waals surface area contributed by atoms with Crippen LogP contribution in [-0.2, 0) is 4.79 Å². The number of amides is 1. The molecule has 1 amide bonds. The van der Waals surface area contributed by atoms with Crippen LogP contribution in [0.15, 0.2) is 22.7 Å². The van der Waals surface area contributed by atoms with Crippen LogP contribution in [0.5, 0.6) is 0 Å². The molecular weight excluding hydrogens is 326 g/mol. The lowest BCUT2D eigenvalue weighted by molar-refractivity contribution is -0.119. The maximum absolute atomic E-state index is 11.7. The van der Waals surface area contributed by atoms with Gasteiger partial charge in [-0.25, -0.2) is 0 Å². The first-order valence-corrected chi connectivity index (χ1v) is 7.27. The van der Waals surface area contributed by atoms with Crippen molar-refractivity contribution in [2.75, 3.05) is 18.5 Å². The second-order valence-electron chi connectivity index (χ2n) is 4.73. The molecule has 0 bridgehead atoms. The molecule has 0 heterocycles. The maximum atomic E-state index is 11.7. The van der Waals surface area contributed by atoms with Crippen LogP contribution in [0, 0.1) is 0 Å². The predicted octanol–water partition coefficient (Wildman–Crippen LogP) is 1.80. The van der Waals surface area contributed by atoms with Crippen molar-refractivity contribution in [3.63, 3.8) is 0 Å². The molecule has 0 unspecified atom stereocenters. The number of nitrogens with one attached hydrogen (secondary N) is 1. The molecular formula is C13H16BrN3OS. The van der Waals surface area contributed by atoms with Crippen molar-refractivity contribution in [2.24, 2.45) is 5.73 Å². The summed E-state index contributed by atoms with van der Waals surface area (Å²) < 4.78 is 0.840. The number of anilines is 1. The second-order valence-corrected chi connectivity index (χ2v) is 6.02. The van der Waals surface area contributed by atoms with Crippen molar-refractivity contribution in [1.29, 1.82) is 0 Å². The highest BCUT2D eigenvalue weighted by molar-refractivity contribution is 9.10. The standard InChI is InChI=1S/C13H16BrN3OS/c1-17(7-12(18)16-8-2-3-8)9-4-5-10(13(15)19)11(14)6-9/h4-6,8H,2-3,7H2,1H3,(H2,15,19)(H,16,18). The van der Waals surface area contributed by atoms with Gasteiger partial charge < -0.3 is 16.0 Å². The van der Waals surface area contributed by atoms with E-state index in [9.17, 15) is 4.79 Å². The van der Waals surface area contributed by atoms with Crippen molar-refractivity contribution >= 4 is 44.7 Å². The van der Waals surface area contributed by atoms with Gasteiger partial charge in [0.1, 0.15) is 4.99 Å². The van der Waals surface area contributed by atoms with E-state index in [0.29, 0.717) is 17.6 Å². The quantitative estimate of drug-likeness (QED) is 0.802. The molecule has 4 nitrogen and oxygen atoms in total. The lowest BCUT2D eigenvalue weighted by Crippen LogP contribution is -2.36. The van der Waals surface area contributed by atoms with Gasteiger partial charge >= 0.3 is 0 Å². The average Bonchev–Trinajstić information content (AvgIpc) is 3.11. The summed E-state index contributed by atoms with van der Waals surface area (Å²) in [6.07, 6.45) is 2.20. The van der Waals surface area contributed by atoms with Gasteiger partial charge in [0, 0.05) is 28.8 Å². The number of rotatable bonds is 5. The van der Waals surface area contributed by atoms with Crippen LogP contribution in [0.2, 0.25) is 0 Å². The Labute approximate surface area is 126 Å². The molecule has 0 aromatic heterocycles. The summed E-state index contributed by atoms with van der Waals surface area (Å²) in [6.45, 7) is 0.343. The van der Waals surface area contributed by atoms with E-state index in [-0.39, 0.29) is 5.91 Å². The number of likely N-dealkylation sites (N-methyl/N-ethyl adjacent to an activating group) is 1. The van der Waals surface area contributed by atoms with Crippen LogP contribution >= 0.6 is 28.1 Å². The summed E-state index contributed by atoms with van der Waals surface area (Å²) in [5, 5.41) is 2.97. The minimum atomic E-state index is 0.0551. The topological polar surface area (TPSA) is 58.4 Å². The summed E-state index contributed by atoms with van der Waals surface area (Å²) in [7, 11) is 1.88. The first-order valence-electron chi connectivity index (χ1n) is 6.07. The zero-order valence-electron chi connectivity index (χ0n) is 10.6. The van der Waals surface area contributed by atoms with Gasteiger partial charge in [-0.15, -0.1) is 0 Å². The van der Waals surface area contributed by atoms with Gasteiger partial charge in [0.15, 0.2) is 0 Å². The molecule has 1 aliphatic carbocycles. The Morgan fingerprint density at radius 2 is 2.26 bits per heavy atom. The lowest BCUT2D eigenvalue weighted by Gasteiger charge is -2.19. The van der Waals surface area contributed by atoms with Crippen LogP contribution in [0.1, 0.15) is 18.4 Å². The third-order valence-electron chi connectivity index (χ3n) is 2.98. The van der Waals surface area contributed by atoms with Gasteiger partial charge in [0.05, 0.1) is 6.54 Å². The highest BCUT2D eigenvalue weighted by Gasteiger charge is 2.23. The van der Waals surface area contributed by atoms with Gasteiger partial charge in [-0.1, -0.05) is 12.2 Å². The van der Waals surface area contributed by atoms with E-state index in [1.54, 1.807) is 0 Å². The SMILES string of the molecule is CN(CC(=O)NC1CC1)c1ccc(C(N)=S)c(Br)c1. The number of hydrogen-bond donors (Lipinski definition) is 2. The Bertz CT molecular complexity index is 517. The zero-order chi connectivity index (χ0) is 14.0. The molecule has 6 heteroatoms. The van der Waals surface area contributed by atoms with E-state index in [2.05, 4.69) is 21.2 Å². The second kappa shape index (κ2) is 5.88. The van der Waals surface area contributed by atoms with Crippen molar-refractivity contribution < 1.29 is 4.79 Å². The van der Waals surface area contributed by atoms with Crippen LogP contribution < -0.4 is 16.0 Å². The Morgan fingerprint density at radius 1 is 1.58 bits per heavy atom. The number of carbonyl (C=O) groups excluding carboxylic acids is 1. The van der Waals surface area contributed by atoms with E-state index in [4.69, 9.17) is 18.0 Å². The van der Waals surface area contributed by atoms with Crippen LogP contribution in [0.3, 0.4) is 0 Å². The molecule has 1 saturated carbocycles. The maximum Gasteiger partial charge on any atom is 0.239 e. The molecule has 0 radical (unpaired) electrons. The van der Waals surface area contributed by atoms with E-state index in [0.717, 1.165) is 28.6 Å². The van der Waals surface area contributed by atoms with Crippen LogP contribution in [0.25, 0.3) is 0 Å². The third-order valence-corrected chi connectivity index (χ3v) is 3.86. The average molecular weight is 342 g/mol. The molecule has 1 aliphatic rings. The molecule has 1 aromatic rings. The smallest absolute Gasteiger partial charge is 0.239 e. The number of thiocarbonyl (C=S) groups is 1. The molecule has 3 N–H and O–H groups in total. The van der Waals surface area contributed by atoms with Crippen molar-refractivity contribution in [1.82, 2.24) is 5.32 Å². The Kier molecular flexibility index (Phi) is 4.42. The Hall–Kier alpha value is -1.14. The van der Waals surface area contributed by atoms with Crippen molar-refractivity contribution in [2.45, 2.75) is 18.9 Å². The Balaban J connectivity index is 2.01. The molecule has 19 heavy (non-hydrogen) atoms. The monoisotopic (exact) mass is 341 g/mol. The van der Waals surface area contributed by atoms with E-state index >= 15 is 0 Å². The molecule has 0 spiro atoms. The van der Waals surface area contributed by atoms with Gasteiger partial charge in [0.25, 0.3) is 0 Å². The minimum absolute atomic E-state index is 0.0551. The van der Waals surface area contributed by atoms with Crippen LogP contribution in [-0.4, -0.2) is 30.5 Å². The summed E-state index contributed by atoms with van der Waals surface area (Å²) in [6, 6.07) is 6.07. The lowest BCUT2D eigenvalue weighted by atomic mass is 10.2. The molecule has 2 rings (SSSR count). The van der Waals surface area contributed by atoms with E-state index in [1.807, 2.05) is 30.1 Å². The molecule has 102 valence electrons. The van der Waals surface area contributed by atoms with Crippen LogP contribution in [0.4, 0.5) is 5.69 Å². The molecule has 0 saturated heterocycles. The summed E-state index contributed by atoms with van der Waals surface area (Å²) in [4.78, 5) is 14.0. The highest BCUT2D eigenvalue weighted by Crippen LogP contribution is 2.24. The van der Waals surface area contributed by atoms with Gasteiger partial charge in [-0.05, 0) is 47.0 Å². The van der Waals surface area contributed by atoms with Gasteiger partial charge in [-0.3, -0.25) is 4.79 Å². The number of hydrogen-bond acceptors (Lipinski definition) is 3. The minimum Gasteiger partial charge on any atom is -0.389 e. The van der Waals surface area contributed by atoms with E-state index in [1.165, 1.54) is 0 Å². The van der Waals surface area contributed by atoms with Gasteiger partial charge in [0.2, 0.25) is 5.91 Å². The summed E-state index contributed by atoms with van der Waals surface area (Å²) in [5.74, 6) is 0.0551. The summed E-state index contributed by atoms with van der Waals surface area (Å²) >= 11 is 8.39. The predicted molar refractivity (Wildman–Crippen MR) is 84.5 cm³/mol. The molecule has 0 atom stereocenters. The fourth-order valence-electron chi connectivity index (χ4n) is 1.75. The first kappa shape index (κ1) is 14.3. The third kappa shape index (κ3) is 3.91. The molecule has 0 aliphatic heterocycles. The largest absolute Gasteiger partial charge is 0.389 e. The highest BCUT2D eigenvalue weighted by atomic mass is 79.9. The van der Waals surface area contributed by atoms with E-state index < -0.39 is 0 Å². The molecule has 1 aromatic carbocycles.